The summed E-state index contributed by atoms with van der Waals surface area (Å²) in [6.45, 7) is 3.22. The summed E-state index contributed by atoms with van der Waals surface area (Å²) in [5.41, 5.74) is 0.873. The van der Waals surface area contributed by atoms with Gasteiger partial charge in [-0.2, -0.15) is 0 Å². The third kappa shape index (κ3) is 4.21. The van der Waals surface area contributed by atoms with Crippen LogP contribution in [0.3, 0.4) is 0 Å². The topological polar surface area (TPSA) is 104 Å². The Morgan fingerprint density at radius 3 is 2.62 bits per heavy atom. The molecule has 24 heavy (non-hydrogen) atoms. The van der Waals surface area contributed by atoms with E-state index in [2.05, 4.69) is 24.9 Å². The number of carbonyl (C=O) groups excluding carboxylic acids is 1. The highest BCUT2D eigenvalue weighted by Gasteiger charge is 2.43. The zero-order chi connectivity index (χ0) is 17.3. The number of anilines is 1. The molecule has 2 atom stereocenters. The number of hydrogen-bond donors (Lipinski definition) is 2. The molecule has 1 aliphatic carbocycles. The molecule has 2 aliphatic rings. The maximum Gasteiger partial charge on any atom is 0.235 e. The summed E-state index contributed by atoms with van der Waals surface area (Å²) in [5, 5.41) is 2.99. The number of rotatable bonds is 6. The number of nitrogens with zero attached hydrogens (tertiary/aromatic N) is 3. The molecule has 0 unspecified atom stereocenters. The Labute approximate surface area is 142 Å². The average molecular weight is 353 g/mol. The first kappa shape index (κ1) is 17.1. The van der Waals surface area contributed by atoms with Gasteiger partial charge in [0.15, 0.2) is 0 Å². The molecule has 1 amide bonds. The molecule has 2 fully saturated rings. The maximum atomic E-state index is 12.1. The smallest absolute Gasteiger partial charge is 0.235 e. The maximum absolute atomic E-state index is 12.1. The van der Waals surface area contributed by atoms with Gasteiger partial charge in [-0.1, -0.05) is 0 Å². The summed E-state index contributed by atoms with van der Waals surface area (Å²) in [5.74, 6) is 1.55. The van der Waals surface area contributed by atoms with Crippen LogP contribution in [0.2, 0.25) is 0 Å². The van der Waals surface area contributed by atoms with Crippen molar-refractivity contribution in [2.24, 2.45) is 11.8 Å². The van der Waals surface area contributed by atoms with Crippen LogP contribution < -0.4 is 14.9 Å². The van der Waals surface area contributed by atoms with Crippen molar-refractivity contribution in [2.75, 3.05) is 30.8 Å². The molecule has 0 aromatic carbocycles. The fourth-order valence-corrected chi connectivity index (χ4v) is 3.72. The number of nitrogens with one attached hydrogen (secondary N) is 2. The van der Waals surface area contributed by atoms with Gasteiger partial charge in [0.05, 0.1) is 24.5 Å². The summed E-state index contributed by atoms with van der Waals surface area (Å²) in [7, 11) is -3.37. The molecule has 1 aromatic heterocycles. The highest BCUT2D eigenvalue weighted by Crippen LogP contribution is 2.42. The van der Waals surface area contributed by atoms with Crippen molar-refractivity contribution in [1.29, 1.82) is 0 Å². The van der Waals surface area contributed by atoms with E-state index >= 15 is 0 Å². The van der Waals surface area contributed by atoms with Gasteiger partial charge in [0, 0.05) is 31.4 Å². The summed E-state index contributed by atoms with van der Waals surface area (Å²) < 4.78 is 24.5. The standard InChI is InChI=1S/C15H23N5O3S/c1-10-15(17-6-5-16-10)20-8-12(11-3-4-11)13(9-20)19-14(21)7-18-24(2,22)23/h5-6,11-13,18H,3-4,7-9H2,1-2H3,(H,19,21)/t12-,13+/m1/s1. The van der Waals surface area contributed by atoms with E-state index in [1.54, 1.807) is 12.4 Å². The van der Waals surface area contributed by atoms with Gasteiger partial charge in [-0.3, -0.25) is 9.78 Å². The molecule has 2 N–H and O–H groups in total. The van der Waals surface area contributed by atoms with Crippen molar-refractivity contribution >= 4 is 21.7 Å². The number of aromatic nitrogens is 2. The first-order valence-electron chi connectivity index (χ1n) is 8.10. The van der Waals surface area contributed by atoms with Gasteiger partial charge in [0.1, 0.15) is 5.82 Å². The van der Waals surface area contributed by atoms with Crippen LogP contribution >= 0.6 is 0 Å². The van der Waals surface area contributed by atoms with Gasteiger partial charge in [-0.25, -0.2) is 18.1 Å². The van der Waals surface area contributed by atoms with Crippen LogP contribution in [0, 0.1) is 18.8 Å². The lowest BCUT2D eigenvalue weighted by molar-refractivity contribution is -0.120. The van der Waals surface area contributed by atoms with E-state index in [1.807, 2.05) is 6.92 Å². The summed E-state index contributed by atoms with van der Waals surface area (Å²) in [4.78, 5) is 22.9. The molecular weight excluding hydrogens is 330 g/mol. The minimum atomic E-state index is -3.37. The number of sulfonamides is 1. The average Bonchev–Trinajstić information content (AvgIpc) is 3.27. The highest BCUT2D eigenvalue weighted by molar-refractivity contribution is 7.88. The van der Waals surface area contributed by atoms with Gasteiger partial charge >= 0.3 is 0 Å². The molecule has 1 saturated carbocycles. The van der Waals surface area contributed by atoms with E-state index in [4.69, 9.17) is 0 Å². The number of amides is 1. The zero-order valence-corrected chi connectivity index (χ0v) is 14.7. The number of hydrogen-bond acceptors (Lipinski definition) is 6. The molecular formula is C15H23N5O3S. The van der Waals surface area contributed by atoms with Crippen LogP contribution in [0.1, 0.15) is 18.5 Å². The minimum Gasteiger partial charge on any atom is -0.353 e. The molecule has 0 bridgehead atoms. The Kier molecular flexibility index (Phi) is 4.73. The molecule has 0 spiro atoms. The molecule has 0 radical (unpaired) electrons. The van der Waals surface area contributed by atoms with Crippen molar-refractivity contribution in [2.45, 2.75) is 25.8 Å². The van der Waals surface area contributed by atoms with Crippen LogP contribution in [-0.4, -0.2) is 56.2 Å². The fourth-order valence-electron chi connectivity index (χ4n) is 3.32. The molecule has 1 aliphatic heterocycles. The van der Waals surface area contributed by atoms with Crippen molar-refractivity contribution in [3.8, 4) is 0 Å². The zero-order valence-electron chi connectivity index (χ0n) is 13.9. The van der Waals surface area contributed by atoms with Crippen LogP contribution in [0.25, 0.3) is 0 Å². The second-order valence-electron chi connectivity index (χ2n) is 6.64. The lowest BCUT2D eigenvalue weighted by Crippen LogP contribution is -2.45. The van der Waals surface area contributed by atoms with E-state index < -0.39 is 10.0 Å². The van der Waals surface area contributed by atoms with Gasteiger partial charge in [-0.15, -0.1) is 0 Å². The van der Waals surface area contributed by atoms with Gasteiger partial charge < -0.3 is 10.2 Å². The first-order valence-corrected chi connectivity index (χ1v) is 9.99. The lowest BCUT2D eigenvalue weighted by Gasteiger charge is -2.19. The highest BCUT2D eigenvalue weighted by atomic mass is 32.2. The first-order chi connectivity index (χ1) is 11.3. The third-order valence-electron chi connectivity index (χ3n) is 4.59. The number of aryl methyl sites for hydroxylation is 1. The predicted molar refractivity (Wildman–Crippen MR) is 90.0 cm³/mol. The number of carbonyl (C=O) groups is 1. The summed E-state index contributed by atoms with van der Waals surface area (Å²) in [6, 6.07) is 0.00719. The van der Waals surface area contributed by atoms with Crippen LogP contribution in [0.5, 0.6) is 0 Å². The minimum absolute atomic E-state index is 0.00719. The van der Waals surface area contributed by atoms with Gasteiger partial charge in [-0.05, 0) is 25.7 Å². The van der Waals surface area contributed by atoms with E-state index in [-0.39, 0.29) is 18.5 Å². The third-order valence-corrected chi connectivity index (χ3v) is 5.26. The predicted octanol–water partition coefficient (Wildman–Crippen LogP) is -0.335. The summed E-state index contributed by atoms with van der Waals surface area (Å²) >= 11 is 0. The lowest BCUT2D eigenvalue weighted by atomic mass is 9.98. The quantitative estimate of drug-likeness (QED) is 0.725. The molecule has 1 saturated heterocycles. The van der Waals surface area contributed by atoms with Crippen LogP contribution in [-0.2, 0) is 14.8 Å². The van der Waals surface area contributed by atoms with Gasteiger partial charge in [0.2, 0.25) is 15.9 Å². The Morgan fingerprint density at radius 1 is 1.29 bits per heavy atom. The molecule has 1 aromatic rings. The van der Waals surface area contributed by atoms with E-state index in [9.17, 15) is 13.2 Å². The Balaban J connectivity index is 1.66. The van der Waals surface area contributed by atoms with Crippen molar-refractivity contribution in [3.63, 3.8) is 0 Å². The summed E-state index contributed by atoms with van der Waals surface area (Å²) in [6.07, 6.45) is 6.76. The fraction of sp³-hybridized carbons (Fsp3) is 0.667. The monoisotopic (exact) mass is 353 g/mol. The molecule has 132 valence electrons. The van der Waals surface area contributed by atoms with E-state index in [0.29, 0.717) is 18.4 Å². The Morgan fingerprint density at radius 2 is 2.00 bits per heavy atom. The van der Waals surface area contributed by atoms with Gasteiger partial charge in [0.25, 0.3) is 0 Å². The van der Waals surface area contributed by atoms with Crippen LogP contribution in [0.15, 0.2) is 12.4 Å². The van der Waals surface area contributed by atoms with E-state index in [1.165, 1.54) is 12.8 Å². The Bertz CT molecular complexity index is 720. The second-order valence-corrected chi connectivity index (χ2v) is 8.47. The Hall–Kier alpha value is -1.74. The van der Waals surface area contributed by atoms with Crippen molar-refractivity contribution in [1.82, 2.24) is 20.0 Å². The second kappa shape index (κ2) is 6.64. The molecule has 8 nitrogen and oxygen atoms in total. The molecule has 3 rings (SSSR count). The molecule has 2 heterocycles. The van der Waals surface area contributed by atoms with Crippen molar-refractivity contribution in [3.05, 3.63) is 18.1 Å². The van der Waals surface area contributed by atoms with Crippen molar-refractivity contribution < 1.29 is 13.2 Å². The SMILES string of the molecule is Cc1nccnc1N1C[C@H](NC(=O)CNS(C)(=O)=O)[C@@H](C2CC2)C1. The van der Waals surface area contributed by atoms with E-state index in [0.717, 1.165) is 24.3 Å². The normalized spacial score (nSPS) is 24.2. The molecule has 9 heteroatoms. The largest absolute Gasteiger partial charge is 0.353 e. The van der Waals surface area contributed by atoms with Crippen LogP contribution in [0.4, 0.5) is 5.82 Å².